The van der Waals surface area contributed by atoms with E-state index in [-0.39, 0.29) is 0 Å². The number of nitriles is 1. The summed E-state index contributed by atoms with van der Waals surface area (Å²) < 4.78 is 10.9. The van der Waals surface area contributed by atoms with Crippen molar-refractivity contribution in [1.29, 1.82) is 5.26 Å². The summed E-state index contributed by atoms with van der Waals surface area (Å²) in [5, 5.41) is 9.27. The first-order valence-electron chi connectivity index (χ1n) is 6.29. The van der Waals surface area contributed by atoms with Crippen molar-refractivity contribution in [2.75, 3.05) is 33.4 Å². The maximum atomic E-state index is 8.87. The minimum Gasteiger partial charge on any atom is -0.493 e. The molecule has 19 heavy (non-hydrogen) atoms. The molecule has 0 spiro atoms. The summed E-state index contributed by atoms with van der Waals surface area (Å²) in [6.45, 7) is 7.55. The van der Waals surface area contributed by atoms with Crippen LogP contribution in [0.2, 0.25) is 5.02 Å². The van der Waals surface area contributed by atoms with Crippen LogP contribution in [0, 0.1) is 11.3 Å². The fraction of sp³-hybridized carbons (Fsp3) is 0.500. The van der Waals surface area contributed by atoms with Gasteiger partial charge in [-0.3, -0.25) is 0 Å². The molecule has 0 unspecified atom stereocenters. The van der Waals surface area contributed by atoms with Gasteiger partial charge < -0.3 is 14.4 Å². The van der Waals surface area contributed by atoms with Crippen molar-refractivity contribution in [3.63, 3.8) is 0 Å². The second-order valence-corrected chi connectivity index (χ2v) is 4.38. The van der Waals surface area contributed by atoms with E-state index in [0.717, 1.165) is 19.6 Å². The van der Waals surface area contributed by atoms with Crippen LogP contribution in [0.5, 0.6) is 11.5 Å². The number of rotatable bonds is 7. The van der Waals surface area contributed by atoms with Crippen molar-refractivity contribution in [1.82, 2.24) is 4.90 Å². The van der Waals surface area contributed by atoms with E-state index in [4.69, 9.17) is 26.3 Å². The molecular formula is C14H19ClN2O2. The SMILES string of the molecule is CCN(CC)CCOc1c(Cl)cc(C#N)cc1OC. The van der Waals surface area contributed by atoms with Crippen LogP contribution in [-0.2, 0) is 0 Å². The standard InChI is InChI=1S/C14H19ClN2O2/c1-4-17(5-2)6-7-19-14-12(15)8-11(10-16)9-13(14)18-3/h8-9H,4-7H2,1-3H3. The van der Waals surface area contributed by atoms with Crippen LogP contribution in [0.15, 0.2) is 12.1 Å². The van der Waals surface area contributed by atoms with Crippen LogP contribution in [-0.4, -0.2) is 38.3 Å². The van der Waals surface area contributed by atoms with Crippen molar-refractivity contribution in [2.45, 2.75) is 13.8 Å². The van der Waals surface area contributed by atoms with Gasteiger partial charge in [0.2, 0.25) is 0 Å². The minimum atomic E-state index is 0.399. The van der Waals surface area contributed by atoms with Crippen LogP contribution in [0.25, 0.3) is 0 Å². The smallest absolute Gasteiger partial charge is 0.179 e. The van der Waals surface area contributed by atoms with Gasteiger partial charge in [0, 0.05) is 12.6 Å². The molecule has 0 saturated heterocycles. The zero-order valence-corrected chi connectivity index (χ0v) is 12.3. The first-order chi connectivity index (χ1) is 9.15. The maximum Gasteiger partial charge on any atom is 0.179 e. The molecule has 0 heterocycles. The number of methoxy groups -OCH3 is 1. The third-order valence-electron chi connectivity index (χ3n) is 2.91. The topological polar surface area (TPSA) is 45.5 Å². The molecule has 0 bridgehead atoms. The van der Waals surface area contributed by atoms with E-state index in [1.54, 1.807) is 12.1 Å². The van der Waals surface area contributed by atoms with E-state index in [1.807, 2.05) is 6.07 Å². The highest BCUT2D eigenvalue weighted by Crippen LogP contribution is 2.36. The zero-order valence-electron chi connectivity index (χ0n) is 11.6. The first kappa shape index (κ1) is 15.6. The lowest BCUT2D eigenvalue weighted by molar-refractivity contribution is 0.217. The summed E-state index contributed by atoms with van der Waals surface area (Å²) in [6, 6.07) is 5.24. The molecule has 1 aromatic rings. The van der Waals surface area contributed by atoms with Gasteiger partial charge in [0.15, 0.2) is 11.5 Å². The quantitative estimate of drug-likeness (QED) is 0.771. The maximum absolute atomic E-state index is 8.87. The predicted molar refractivity (Wildman–Crippen MR) is 76.0 cm³/mol. The monoisotopic (exact) mass is 282 g/mol. The molecule has 1 rings (SSSR count). The highest BCUT2D eigenvalue weighted by atomic mass is 35.5. The highest BCUT2D eigenvalue weighted by Gasteiger charge is 2.12. The summed E-state index contributed by atoms with van der Waals surface area (Å²) in [4.78, 5) is 2.25. The van der Waals surface area contributed by atoms with Crippen molar-refractivity contribution in [2.24, 2.45) is 0 Å². The molecule has 0 aliphatic heterocycles. The second kappa shape index (κ2) is 7.88. The van der Waals surface area contributed by atoms with E-state index < -0.39 is 0 Å². The molecule has 0 radical (unpaired) electrons. The molecule has 0 saturated carbocycles. The van der Waals surface area contributed by atoms with Gasteiger partial charge in [-0.25, -0.2) is 0 Å². The Labute approximate surface area is 119 Å². The van der Waals surface area contributed by atoms with E-state index in [9.17, 15) is 0 Å². The van der Waals surface area contributed by atoms with E-state index in [2.05, 4.69) is 18.7 Å². The summed E-state index contributed by atoms with van der Waals surface area (Å²) >= 11 is 6.11. The molecule has 0 N–H and O–H groups in total. The fourth-order valence-corrected chi connectivity index (χ4v) is 2.01. The Bertz CT molecular complexity index is 453. The Kier molecular flexibility index (Phi) is 6.48. The lowest BCUT2D eigenvalue weighted by Gasteiger charge is -2.19. The predicted octanol–water partition coefficient (Wildman–Crippen LogP) is 2.94. The molecular weight excluding hydrogens is 264 g/mol. The summed E-state index contributed by atoms with van der Waals surface area (Å²) in [5.74, 6) is 0.985. The van der Waals surface area contributed by atoms with Gasteiger partial charge in [-0.1, -0.05) is 25.4 Å². The molecule has 0 amide bonds. The van der Waals surface area contributed by atoms with Crippen molar-refractivity contribution in [3.05, 3.63) is 22.7 Å². The van der Waals surface area contributed by atoms with Crippen LogP contribution in [0.3, 0.4) is 0 Å². The van der Waals surface area contributed by atoms with Crippen LogP contribution in [0.1, 0.15) is 19.4 Å². The summed E-state index contributed by atoms with van der Waals surface area (Å²) in [7, 11) is 1.53. The molecule has 1 aromatic carbocycles. The summed E-state index contributed by atoms with van der Waals surface area (Å²) in [6.07, 6.45) is 0. The van der Waals surface area contributed by atoms with Gasteiger partial charge in [0.1, 0.15) is 6.61 Å². The Balaban J connectivity index is 2.75. The molecule has 0 aliphatic carbocycles. The third kappa shape index (κ3) is 4.30. The number of hydrogen-bond donors (Lipinski definition) is 0. The molecule has 5 heteroatoms. The third-order valence-corrected chi connectivity index (χ3v) is 3.19. The van der Waals surface area contributed by atoms with Crippen molar-refractivity contribution >= 4 is 11.6 Å². The Hall–Kier alpha value is -1.44. The van der Waals surface area contributed by atoms with Crippen LogP contribution in [0.4, 0.5) is 0 Å². The number of benzene rings is 1. The zero-order chi connectivity index (χ0) is 14.3. The Morgan fingerprint density at radius 2 is 2.00 bits per heavy atom. The summed E-state index contributed by atoms with van der Waals surface area (Å²) in [5.41, 5.74) is 0.456. The number of likely N-dealkylation sites (N-methyl/N-ethyl adjacent to an activating group) is 1. The largest absolute Gasteiger partial charge is 0.493 e. The highest BCUT2D eigenvalue weighted by molar-refractivity contribution is 6.32. The van der Waals surface area contributed by atoms with Gasteiger partial charge in [0.25, 0.3) is 0 Å². The number of halogens is 1. The average molecular weight is 283 g/mol. The number of hydrogen-bond acceptors (Lipinski definition) is 4. The van der Waals surface area contributed by atoms with Gasteiger partial charge in [-0.2, -0.15) is 5.26 Å². The molecule has 0 atom stereocenters. The molecule has 0 fully saturated rings. The van der Waals surface area contributed by atoms with Crippen LogP contribution >= 0.6 is 11.6 Å². The lowest BCUT2D eigenvalue weighted by Crippen LogP contribution is -2.28. The number of nitrogens with zero attached hydrogens (tertiary/aromatic N) is 2. The van der Waals surface area contributed by atoms with Crippen LogP contribution < -0.4 is 9.47 Å². The number of ether oxygens (including phenoxy) is 2. The van der Waals surface area contributed by atoms with Gasteiger partial charge in [-0.05, 0) is 19.2 Å². The average Bonchev–Trinajstić information content (AvgIpc) is 2.44. The van der Waals surface area contributed by atoms with E-state index >= 15 is 0 Å². The minimum absolute atomic E-state index is 0.399. The Morgan fingerprint density at radius 1 is 1.32 bits per heavy atom. The first-order valence-corrected chi connectivity index (χ1v) is 6.66. The second-order valence-electron chi connectivity index (χ2n) is 3.98. The van der Waals surface area contributed by atoms with Gasteiger partial charge >= 0.3 is 0 Å². The normalized spacial score (nSPS) is 10.3. The molecule has 0 aliphatic rings. The van der Waals surface area contributed by atoms with Crippen molar-refractivity contribution in [3.8, 4) is 17.6 Å². The lowest BCUT2D eigenvalue weighted by atomic mass is 10.2. The molecule has 4 nitrogen and oxygen atoms in total. The van der Waals surface area contributed by atoms with E-state index in [0.29, 0.717) is 28.7 Å². The molecule has 104 valence electrons. The van der Waals surface area contributed by atoms with E-state index in [1.165, 1.54) is 7.11 Å². The Morgan fingerprint density at radius 3 is 2.53 bits per heavy atom. The van der Waals surface area contributed by atoms with Crippen molar-refractivity contribution < 1.29 is 9.47 Å². The van der Waals surface area contributed by atoms with Gasteiger partial charge in [0.05, 0.1) is 23.8 Å². The molecule has 0 aromatic heterocycles. The fourth-order valence-electron chi connectivity index (χ4n) is 1.74. The van der Waals surface area contributed by atoms with Gasteiger partial charge in [-0.15, -0.1) is 0 Å².